The normalized spacial score (nSPS) is 21.9. The van der Waals surface area contributed by atoms with Gasteiger partial charge in [-0.25, -0.2) is 0 Å². The van der Waals surface area contributed by atoms with Crippen LogP contribution in [0.4, 0.5) is 0 Å². The van der Waals surface area contributed by atoms with E-state index in [0.717, 1.165) is 25.8 Å². The number of aliphatic hydroxyl groups is 1. The Balaban J connectivity index is 2.02. The van der Waals surface area contributed by atoms with Crippen molar-refractivity contribution in [3.8, 4) is 0 Å². The first-order valence-corrected chi connectivity index (χ1v) is 8.21. The summed E-state index contributed by atoms with van der Waals surface area (Å²) in [7, 11) is 5.76. The Morgan fingerprint density at radius 2 is 2.26 bits per heavy atom. The molecule has 2 rings (SSSR count). The second kappa shape index (κ2) is 8.47. The molecule has 0 bridgehead atoms. The first-order valence-electron chi connectivity index (χ1n) is 8.21. The molecule has 0 aromatic carbocycles. The minimum absolute atomic E-state index is 0.0569. The number of rotatable bonds is 7. The van der Waals surface area contributed by atoms with Crippen molar-refractivity contribution < 1.29 is 19.1 Å². The Bertz CT molecular complexity index is 501. The molecule has 0 spiro atoms. The predicted octanol–water partition coefficient (Wildman–Crippen LogP) is 1.59. The molecule has 1 N–H and O–H groups in total. The van der Waals surface area contributed by atoms with Crippen LogP contribution < -0.4 is 0 Å². The van der Waals surface area contributed by atoms with Crippen molar-refractivity contribution in [2.24, 2.45) is 5.92 Å². The Morgan fingerprint density at radius 1 is 1.48 bits per heavy atom. The number of piperidine rings is 1. The number of hydrogen-bond acceptors (Lipinski definition) is 5. The lowest BCUT2D eigenvalue weighted by molar-refractivity contribution is 0.0464. The van der Waals surface area contributed by atoms with Gasteiger partial charge in [0.25, 0.3) is 5.91 Å². The van der Waals surface area contributed by atoms with E-state index in [1.165, 1.54) is 0 Å². The Morgan fingerprint density at radius 3 is 2.91 bits per heavy atom. The molecular weight excluding hydrogens is 296 g/mol. The number of carbonyl (C=O) groups excluding carboxylic acids is 1. The number of carbonyl (C=O) groups is 1. The Labute approximate surface area is 138 Å². The van der Waals surface area contributed by atoms with Crippen molar-refractivity contribution in [3.63, 3.8) is 0 Å². The van der Waals surface area contributed by atoms with Crippen LogP contribution in [0.5, 0.6) is 0 Å². The number of likely N-dealkylation sites (tertiary alicyclic amines) is 1. The molecule has 130 valence electrons. The number of aliphatic hydroxyl groups excluding tert-OH is 1. The van der Waals surface area contributed by atoms with Gasteiger partial charge < -0.3 is 24.1 Å². The summed E-state index contributed by atoms with van der Waals surface area (Å²) in [6, 6.07) is 3.95. The smallest absolute Gasteiger partial charge is 0.289 e. The van der Waals surface area contributed by atoms with Crippen LogP contribution in [0.2, 0.25) is 0 Å². The average molecular weight is 324 g/mol. The molecule has 1 aliphatic rings. The molecule has 2 heterocycles. The van der Waals surface area contributed by atoms with Crippen molar-refractivity contribution in [3.05, 3.63) is 23.7 Å². The quantitative estimate of drug-likeness (QED) is 0.825. The summed E-state index contributed by atoms with van der Waals surface area (Å²) in [5, 5.41) is 9.11. The van der Waals surface area contributed by atoms with Crippen LogP contribution in [0.25, 0.3) is 0 Å². The molecule has 6 heteroatoms. The number of hydrogen-bond donors (Lipinski definition) is 1. The van der Waals surface area contributed by atoms with E-state index in [2.05, 4.69) is 19.0 Å². The minimum Gasteiger partial charge on any atom is -0.453 e. The Kier molecular flexibility index (Phi) is 6.62. The SMILES string of the molecule is COCc1ccc(C(=O)N2CC[C@H](N(C)C)[C@H](CCCO)C2)o1. The summed E-state index contributed by atoms with van der Waals surface area (Å²) in [6.45, 7) is 2.01. The van der Waals surface area contributed by atoms with Crippen molar-refractivity contribution in [1.29, 1.82) is 0 Å². The van der Waals surface area contributed by atoms with Gasteiger partial charge in [-0.05, 0) is 51.4 Å². The van der Waals surface area contributed by atoms with Gasteiger partial charge in [-0.3, -0.25) is 4.79 Å². The maximum Gasteiger partial charge on any atom is 0.289 e. The van der Waals surface area contributed by atoms with E-state index < -0.39 is 0 Å². The van der Waals surface area contributed by atoms with Crippen molar-refractivity contribution in [2.75, 3.05) is 40.9 Å². The lowest BCUT2D eigenvalue weighted by Crippen LogP contribution is -2.50. The largest absolute Gasteiger partial charge is 0.453 e. The molecule has 23 heavy (non-hydrogen) atoms. The van der Waals surface area contributed by atoms with Crippen molar-refractivity contribution in [1.82, 2.24) is 9.80 Å². The van der Waals surface area contributed by atoms with Gasteiger partial charge in [0.15, 0.2) is 5.76 Å². The summed E-state index contributed by atoms with van der Waals surface area (Å²) in [6.07, 6.45) is 2.65. The highest BCUT2D eigenvalue weighted by molar-refractivity contribution is 5.91. The van der Waals surface area contributed by atoms with Crippen LogP contribution in [-0.4, -0.2) is 67.8 Å². The second-order valence-corrected chi connectivity index (χ2v) is 6.40. The topological polar surface area (TPSA) is 66.2 Å². The van der Waals surface area contributed by atoms with Crippen molar-refractivity contribution >= 4 is 5.91 Å². The van der Waals surface area contributed by atoms with Crippen LogP contribution in [0, 0.1) is 5.92 Å². The first kappa shape index (κ1) is 18.0. The van der Waals surface area contributed by atoms with Crippen LogP contribution >= 0.6 is 0 Å². The highest BCUT2D eigenvalue weighted by Gasteiger charge is 2.33. The van der Waals surface area contributed by atoms with Gasteiger partial charge in [0.2, 0.25) is 0 Å². The fraction of sp³-hybridized carbons (Fsp3) is 0.706. The van der Waals surface area contributed by atoms with Gasteiger partial charge in [-0.15, -0.1) is 0 Å². The molecule has 1 fully saturated rings. The molecule has 0 aliphatic carbocycles. The highest BCUT2D eigenvalue weighted by atomic mass is 16.5. The van der Waals surface area contributed by atoms with Crippen molar-refractivity contribution in [2.45, 2.75) is 31.9 Å². The van der Waals surface area contributed by atoms with E-state index in [1.807, 2.05) is 4.90 Å². The van der Waals surface area contributed by atoms with E-state index in [0.29, 0.717) is 36.6 Å². The zero-order chi connectivity index (χ0) is 16.8. The number of nitrogens with zero attached hydrogens (tertiary/aromatic N) is 2. The maximum absolute atomic E-state index is 12.6. The zero-order valence-corrected chi connectivity index (χ0v) is 14.3. The van der Waals surface area contributed by atoms with E-state index in [4.69, 9.17) is 14.3 Å². The van der Waals surface area contributed by atoms with Gasteiger partial charge in [-0.1, -0.05) is 0 Å². The number of ether oxygens (including phenoxy) is 1. The molecule has 0 unspecified atom stereocenters. The van der Waals surface area contributed by atoms with E-state index in [-0.39, 0.29) is 12.5 Å². The zero-order valence-electron chi connectivity index (χ0n) is 14.3. The molecular formula is C17H28N2O4. The molecule has 1 aromatic heterocycles. The van der Waals surface area contributed by atoms with Gasteiger partial charge in [-0.2, -0.15) is 0 Å². The van der Waals surface area contributed by atoms with E-state index >= 15 is 0 Å². The summed E-state index contributed by atoms with van der Waals surface area (Å²) in [4.78, 5) is 16.7. The maximum atomic E-state index is 12.6. The fourth-order valence-corrected chi connectivity index (χ4v) is 3.39. The molecule has 1 saturated heterocycles. The molecule has 1 aromatic rings. The van der Waals surface area contributed by atoms with Crippen LogP contribution in [-0.2, 0) is 11.3 Å². The monoisotopic (exact) mass is 324 g/mol. The summed E-state index contributed by atoms with van der Waals surface area (Å²) in [5.74, 6) is 1.36. The van der Waals surface area contributed by atoms with Gasteiger partial charge in [0.1, 0.15) is 12.4 Å². The third-order valence-corrected chi connectivity index (χ3v) is 4.54. The molecule has 0 saturated carbocycles. The van der Waals surface area contributed by atoms with Crippen LogP contribution in [0.15, 0.2) is 16.5 Å². The van der Waals surface area contributed by atoms with E-state index in [9.17, 15) is 4.79 Å². The predicted molar refractivity (Wildman–Crippen MR) is 87.2 cm³/mol. The summed E-state index contributed by atoms with van der Waals surface area (Å²) >= 11 is 0. The highest BCUT2D eigenvalue weighted by Crippen LogP contribution is 2.26. The second-order valence-electron chi connectivity index (χ2n) is 6.40. The standard InChI is InChI=1S/C17H28N2O4/c1-18(2)15-8-9-19(11-13(15)5-4-10-20)17(21)16-7-6-14(23-16)12-22-3/h6-7,13,15,20H,4-5,8-12H2,1-3H3/t13-,15+/m1/s1. The molecule has 2 atom stereocenters. The first-order chi connectivity index (χ1) is 11.1. The Hall–Kier alpha value is -1.37. The van der Waals surface area contributed by atoms with Crippen LogP contribution in [0.3, 0.4) is 0 Å². The molecule has 1 amide bonds. The number of furan rings is 1. The van der Waals surface area contributed by atoms with Crippen LogP contribution in [0.1, 0.15) is 35.6 Å². The van der Waals surface area contributed by atoms with Gasteiger partial charge in [0.05, 0.1) is 0 Å². The molecule has 0 radical (unpaired) electrons. The molecule has 6 nitrogen and oxygen atoms in total. The third kappa shape index (κ3) is 4.56. The summed E-state index contributed by atoms with van der Waals surface area (Å²) in [5.41, 5.74) is 0. The summed E-state index contributed by atoms with van der Waals surface area (Å²) < 4.78 is 10.6. The minimum atomic E-state index is -0.0569. The number of methoxy groups -OCH3 is 1. The molecule has 1 aliphatic heterocycles. The fourth-order valence-electron chi connectivity index (χ4n) is 3.39. The average Bonchev–Trinajstić information content (AvgIpc) is 3.00. The van der Waals surface area contributed by atoms with Gasteiger partial charge >= 0.3 is 0 Å². The van der Waals surface area contributed by atoms with Gasteiger partial charge in [0, 0.05) is 32.8 Å². The lowest BCUT2D eigenvalue weighted by Gasteiger charge is -2.41. The van der Waals surface area contributed by atoms with E-state index in [1.54, 1.807) is 19.2 Å². The lowest BCUT2D eigenvalue weighted by atomic mass is 9.87. The number of amides is 1. The third-order valence-electron chi connectivity index (χ3n) is 4.54.